The summed E-state index contributed by atoms with van der Waals surface area (Å²) in [7, 11) is 0. The van der Waals surface area contributed by atoms with Crippen LogP contribution < -0.4 is 11.3 Å². The van der Waals surface area contributed by atoms with Gasteiger partial charge in [-0.2, -0.15) is 0 Å². The molecule has 0 aromatic heterocycles. The van der Waals surface area contributed by atoms with E-state index in [1.165, 1.54) is 32.4 Å². The van der Waals surface area contributed by atoms with Crippen LogP contribution in [0.2, 0.25) is 0 Å². The largest absolute Gasteiger partial charge is 0.301 e. The average molecular weight is 199 g/mol. The monoisotopic (exact) mass is 199 g/mol. The topological polar surface area (TPSA) is 58.4 Å². The number of amides is 1. The van der Waals surface area contributed by atoms with Crippen molar-refractivity contribution in [2.45, 2.75) is 45.1 Å². The van der Waals surface area contributed by atoms with Gasteiger partial charge < -0.3 is 4.90 Å². The zero-order valence-electron chi connectivity index (χ0n) is 8.96. The maximum atomic E-state index is 10.9. The summed E-state index contributed by atoms with van der Waals surface area (Å²) in [4.78, 5) is 13.4. The van der Waals surface area contributed by atoms with E-state index < -0.39 is 0 Å². The number of hydrogen-bond donors (Lipinski definition) is 2. The van der Waals surface area contributed by atoms with Crippen molar-refractivity contribution >= 4 is 5.91 Å². The molecule has 0 radical (unpaired) electrons. The quantitative estimate of drug-likeness (QED) is 0.397. The van der Waals surface area contributed by atoms with Gasteiger partial charge in [0.05, 0.1) is 0 Å². The molecule has 1 aliphatic heterocycles. The molecule has 14 heavy (non-hydrogen) atoms. The predicted molar refractivity (Wildman–Crippen MR) is 56.5 cm³/mol. The number of nitrogens with one attached hydrogen (secondary N) is 1. The van der Waals surface area contributed by atoms with Crippen LogP contribution >= 0.6 is 0 Å². The number of hydrazine groups is 1. The summed E-state index contributed by atoms with van der Waals surface area (Å²) < 4.78 is 0. The fraction of sp³-hybridized carbons (Fsp3) is 0.900. The summed E-state index contributed by atoms with van der Waals surface area (Å²) in [6, 6.07) is 0.507. The zero-order chi connectivity index (χ0) is 10.4. The molecule has 4 nitrogen and oxygen atoms in total. The lowest BCUT2D eigenvalue weighted by Crippen LogP contribution is -2.38. The van der Waals surface area contributed by atoms with E-state index in [1.54, 1.807) is 0 Å². The molecular weight excluding hydrogens is 178 g/mol. The van der Waals surface area contributed by atoms with Crippen molar-refractivity contribution in [3.05, 3.63) is 0 Å². The lowest BCUT2D eigenvalue weighted by atomic mass is 10.1. The Hall–Kier alpha value is -0.610. The molecule has 4 heteroatoms. The van der Waals surface area contributed by atoms with Gasteiger partial charge in [0.25, 0.3) is 0 Å². The Labute approximate surface area is 85.8 Å². The molecule has 1 unspecified atom stereocenters. The molecule has 1 aliphatic rings. The van der Waals surface area contributed by atoms with Gasteiger partial charge >= 0.3 is 0 Å². The van der Waals surface area contributed by atoms with E-state index in [-0.39, 0.29) is 5.91 Å². The molecule has 0 spiro atoms. The summed E-state index contributed by atoms with van der Waals surface area (Å²) in [6.45, 7) is 4.56. The average Bonchev–Trinajstić information content (AvgIpc) is 2.26. The van der Waals surface area contributed by atoms with Gasteiger partial charge in [-0.15, -0.1) is 0 Å². The lowest BCUT2D eigenvalue weighted by Gasteiger charge is -2.32. The van der Waals surface area contributed by atoms with Crippen LogP contribution in [0, 0.1) is 0 Å². The van der Waals surface area contributed by atoms with Crippen LogP contribution in [0.3, 0.4) is 0 Å². The zero-order valence-corrected chi connectivity index (χ0v) is 8.96. The number of likely N-dealkylation sites (tertiary alicyclic amines) is 1. The van der Waals surface area contributed by atoms with E-state index >= 15 is 0 Å². The van der Waals surface area contributed by atoms with E-state index in [0.29, 0.717) is 12.5 Å². The van der Waals surface area contributed by atoms with Crippen LogP contribution in [0.1, 0.15) is 39.0 Å². The van der Waals surface area contributed by atoms with E-state index in [0.717, 1.165) is 6.42 Å². The Morgan fingerprint density at radius 1 is 1.43 bits per heavy atom. The molecule has 1 fully saturated rings. The van der Waals surface area contributed by atoms with Crippen LogP contribution in [0.4, 0.5) is 0 Å². The summed E-state index contributed by atoms with van der Waals surface area (Å²) in [6.07, 6.45) is 5.39. The Balaban J connectivity index is 2.19. The van der Waals surface area contributed by atoms with Gasteiger partial charge in [0.15, 0.2) is 0 Å². The van der Waals surface area contributed by atoms with Crippen molar-refractivity contribution in [1.82, 2.24) is 10.3 Å². The van der Waals surface area contributed by atoms with Crippen LogP contribution in [-0.4, -0.2) is 29.9 Å². The first-order chi connectivity index (χ1) is 6.74. The molecule has 1 amide bonds. The summed E-state index contributed by atoms with van der Waals surface area (Å²) in [5.41, 5.74) is 2.17. The Morgan fingerprint density at radius 3 is 2.64 bits per heavy atom. The Bertz CT molecular complexity index is 178. The molecule has 0 saturated carbocycles. The Kier molecular flexibility index (Phi) is 4.90. The van der Waals surface area contributed by atoms with E-state index in [9.17, 15) is 4.79 Å². The predicted octanol–water partition coefficient (Wildman–Crippen LogP) is 0.631. The van der Waals surface area contributed by atoms with E-state index in [4.69, 9.17) is 5.84 Å². The fourth-order valence-corrected chi connectivity index (χ4v) is 1.95. The van der Waals surface area contributed by atoms with Gasteiger partial charge in [-0.05, 0) is 39.3 Å². The van der Waals surface area contributed by atoms with Crippen molar-refractivity contribution < 1.29 is 4.79 Å². The van der Waals surface area contributed by atoms with E-state index in [1.807, 2.05) is 0 Å². The molecule has 3 N–H and O–H groups in total. The highest BCUT2D eigenvalue weighted by Crippen LogP contribution is 2.14. The summed E-state index contributed by atoms with van der Waals surface area (Å²) in [5.74, 6) is 4.96. The smallest absolute Gasteiger partial charge is 0.233 e. The van der Waals surface area contributed by atoms with Gasteiger partial charge in [0.1, 0.15) is 0 Å². The van der Waals surface area contributed by atoms with Crippen LogP contribution in [0.15, 0.2) is 0 Å². The first-order valence-corrected chi connectivity index (χ1v) is 5.47. The third-order valence-electron chi connectivity index (χ3n) is 2.96. The number of piperidine rings is 1. The molecule has 0 aromatic carbocycles. The van der Waals surface area contributed by atoms with Gasteiger partial charge in [-0.3, -0.25) is 10.2 Å². The highest BCUT2D eigenvalue weighted by molar-refractivity contribution is 5.75. The second-order valence-electron chi connectivity index (χ2n) is 4.05. The number of hydrogen-bond acceptors (Lipinski definition) is 3. The molecule has 1 rings (SSSR count). The first-order valence-electron chi connectivity index (χ1n) is 5.47. The maximum absolute atomic E-state index is 10.9. The highest BCUT2D eigenvalue weighted by Gasteiger charge is 2.16. The van der Waals surface area contributed by atoms with Gasteiger partial charge in [0, 0.05) is 12.5 Å². The van der Waals surface area contributed by atoms with Crippen LogP contribution in [0.25, 0.3) is 0 Å². The molecule has 0 aliphatic carbocycles. The number of carbonyl (C=O) groups excluding carboxylic acids is 1. The van der Waals surface area contributed by atoms with Gasteiger partial charge in [-0.1, -0.05) is 6.42 Å². The molecule has 1 heterocycles. The van der Waals surface area contributed by atoms with Crippen molar-refractivity contribution in [2.75, 3.05) is 13.1 Å². The second kappa shape index (κ2) is 5.98. The summed E-state index contributed by atoms with van der Waals surface area (Å²) >= 11 is 0. The molecule has 0 aromatic rings. The lowest BCUT2D eigenvalue weighted by molar-refractivity contribution is -0.121. The summed E-state index contributed by atoms with van der Waals surface area (Å²) in [5, 5.41) is 0. The number of nitrogens with two attached hydrogens (primary N) is 1. The molecule has 1 atom stereocenters. The number of carbonyl (C=O) groups is 1. The Morgan fingerprint density at radius 2 is 2.07 bits per heavy atom. The highest BCUT2D eigenvalue weighted by atomic mass is 16.2. The number of nitrogens with zero attached hydrogens (tertiary/aromatic N) is 1. The SMILES string of the molecule is CC(CCC(=O)NN)N1CCCCC1. The van der Waals surface area contributed by atoms with Crippen LogP contribution in [-0.2, 0) is 4.79 Å². The van der Waals surface area contributed by atoms with Crippen LogP contribution in [0.5, 0.6) is 0 Å². The molecule has 1 saturated heterocycles. The minimum absolute atomic E-state index is 0.0612. The third kappa shape index (κ3) is 3.64. The first kappa shape index (κ1) is 11.5. The molecule has 82 valence electrons. The van der Waals surface area contributed by atoms with Crippen molar-refractivity contribution in [1.29, 1.82) is 0 Å². The molecular formula is C10H21N3O. The minimum Gasteiger partial charge on any atom is -0.301 e. The van der Waals surface area contributed by atoms with Crippen molar-refractivity contribution in [3.63, 3.8) is 0 Å². The minimum atomic E-state index is -0.0612. The molecule has 0 bridgehead atoms. The van der Waals surface area contributed by atoms with Crippen molar-refractivity contribution in [3.8, 4) is 0 Å². The van der Waals surface area contributed by atoms with Gasteiger partial charge in [-0.25, -0.2) is 5.84 Å². The maximum Gasteiger partial charge on any atom is 0.233 e. The fourth-order valence-electron chi connectivity index (χ4n) is 1.95. The van der Waals surface area contributed by atoms with E-state index in [2.05, 4.69) is 17.2 Å². The third-order valence-corrected chi connectivity index (χ3v) is 2.96. The van der Waals surface area contributed by atoms with Crippen molar-refractivity contribution in [2.24, 2.45) is 5.84 Å². The number of rotatable bonds is 4. The second-order valence-corrected chi connectivity index (χ2v) is 4.05. The van der Waals surface area contributed by atoms with Gasteiger partial charge in [0.2, 0.25) is 5.91 Å². The standard InChI is InChI=1S/C10H21N3O/c1-9(5-6-10(14)12-11)13-7-3-2-4-8-13/h9H,2-8,11H2,1H3,(H,12,14). The normalized spacial score (nSPS) is 20.4.